The molecule has 34 heavy (non-hydrogen) atoms. The minimum atomic E-state index is 0.917. The van der Waals surface area contributed by atoms with Crippen molar-refractivity contribution >= 4 is 138 Å². The molecular formula is C22H41I2P3S7. The number of aryl methyl sites for hydroxylation is 2. The molecule has 2 unspecified atom stereocenters. The molecule has 0 aromatic heterocycles. The average Bonchev–Trinajstić information content (AvgIpc) is 2.82. The van der Waals surface area contributed by atoms with Gasteiger partial charge >= 0.3 is 0 Å². The van der Waals surface area contributed by atoms with Crippen molar-refractivity contribution in [1.29, 1.82) is 0 Å². The molecule has 2 atom stereocenters. The minimum absolute atomic E-state index is 0.917. The van der Waals surface area contributed by atoms with Crippen LogP contribution in [0.15, 0.2) is 12.1 Å². The fourth-order valence-electron chi connectivity index (χ4n) is 3.24. The Balaban J connectivity index is 0. The molecule has 12 heteroatoms. The molecule has 0 radical (unpaired) electrons. The highest BCUT2D eigenvalue weighted by molar-refractivity contribution is 14.1. The summed E-state index contributed by atoms with van der Waals surface area (Å²) in [7, 11) is 13.4. The van der Waals surface area contributed by atoms with Crippen LogP contribution in [0.2, 0.25) is 0 Å². The van der Waals surface area contributed by atoms with Gasteiger partial charge in [0.1, 0.15) is 0 Å². The molecule has 0 nitrogen and oxygen atoms in total. The van der Waals surface area contributed by atoms with Crippen LogP contribution >= 0.6 is 71.0 Å². The molecule has 1 rings (SSSR count). The summed E-state index contributed by atoms with van der Waals surface area (Å²) < 4.78 is 2.98. The molecule has 0 aliphatic rings. The number of hydrogen-bond donors (Lipinski definition) is 0. The summed E-state index contributed by atoms with van der Waals surface area (Å²) in [5.74, 6) is 0. The second kappa shape index (κ2) is 32.7. The third-order valence-electron chi connectivity index (χ3n) is 4.93. The van der Waals surface area contributed by atoms with Crippen LogP contribution in [0.3, 0.4) is 0 Å². The quantitative estimate of drug-likeness (QED) is 0.104. The van der Waals surface area contributed by atoms with Gasteiger partial charge in [-0.05, 0) is 94.1 Å². The monoisotopic (exact) mass is 876 g/mol. The highest BCUT2D eigenvalue weighted by atomic mass is 127. The number of hydrogen-bond acceptors (Lipinski definition) is 2. The molecule has 1 aromatic carbocycles. The Bertz CT molecular complexity index is 764. The van der Waals surface area contributed by atoms with Gasteiger partial charge in [-0.25, -0.2) is 0 Å². The lowest BCUT2D eigenvalue weighted by atomic mass is 10.0. The second-order valence-electron chi connectivity index (χ2n) is 7.58. The lowest BCUT2D eigenvalue weighted by Crippen LogP contribution is -1.97. The topological polar surface area (TPSA) is 0 Å². The molecule has 0 aliphatic carbocycles. The Hall–Kier alpha value is 3.51. The van der Waals surface area contributed by atoms with Gasteiger partial charge < -0.3 is 0 Å². The van der Waals surface area contributed by atoms with Gasteiger partial charge in [0.05, 0.1) is 0 Å². The molecule has 0 aliphatic heterocycles. The molecule has 0 fully saturated rings. The van der Waals surface area contributed by atoms with Gasteiger partial charge in [-0.15, -0.1) is 17.9 Å². The summed E-state index contributed by atoms with van der Waals surface area (Å²) in [5, 5.41) is 0. The summed E-state index contributed by atoms with van der Waals surface area (Å²) in [6, 6.07) is 4.92. The maximum atomic E-state index is 4.57. The molecule has 0 heterocycles. The Morgan fingerprint density at radius 1 is 0.647 bits per heavy atom. The van der Waals surface area contributed by atoms with Crippen LogP contribution in [0.4, 0.5) is 0 Å². The van der Waals surface area contributed by atoms with E-state index in [9.17, 15) is 0 Å². The first kappa shape index (κ1) is 39.7. The summed E-state index contributed by atoms with van der Waals surface area (Å²) in [6.45, 7) is 4.58. The van der Waals surface area contributed by atoms with Crippen LogP contribution in [0.5, 0.6) is 0 Å². The van der Waals surface area contributed by atoms with Crippen LogP contribution < -0.4 is 0 Å². The van der Waals surface area contributed by atoms with Crippen LogP contribution in [0.1, 0.15) is 102 Å². The SMILES string of the molecule is CCCCCCCCc1cc(I)c(CCCCCCCC)cc1I.PPP.S=S=S=S=S=S=S. The van der Waals surface area contributed by atoms with E-state index in [1.54, 1.807) is 37.8 Å². The smallest absolute Gasteiger partial charge is 0.0165 e. The molecule has 0 saturated heterocycles. The zero-order chi connectivity index (χ0) is 25.9. The zero-order valence-corrected chi connectivity index (χ0v) is 33.7. The van der Waals surface area contributed by atoms with E-state index in [0.717, 1.165) is 7.96 Å². The number of unbranched alkanes of at least 4 members (excludes halogenated alkanes) is 10. The van der Waals surface area contributed by atoms with Crippen molar-refractivity contribution in [2.24, 2.45) is 0 Å². The minimum Gasteiger partial charge on any atom is -0.110 e. The summed E-state index contributed by atoms with van der Waals surface area (Å²) in [5.41, 5.74) is 3.14. The number of rotatable bonds is 14. The third-order valence-corrected chi connectivity index (χ3v) is 15.8. The fourth-order valence-corrected chi connectivity index (χ4v) is 13.1. The molecule has 200 valence electrons. The Kier molecular flexibility index (Phi) is 38.2. The predicted molar refractivity (Wildman–Crippen MR) is 205 cm³/mol. The zero-order valence-electron chi connectivity index (χ0n) is 20.3. The van der Waals surface area contributed by atoms with Crippen molar-refractivity contribution in [1.82, 2.24) is 0 Å². The van der Waals surface area contributed by atoms with E-state index in [4.69, 9.17) is 0 Å². The van der Waals surface area contributed by atoms with E-state index in [1.165, 1.54) is 115 Å². The third kappa shape index (κ3) is 27.1. The van der Waals surface area contributed by atoms with Crippen molar-refractivity contribution in [2.45, 2.75) is 104 Å². The summed E-state index contributed by atoms with van der Waals surface area (Å²) in [6.07, 6.45) is 19.2. The Labute approximate surface area is 268 Å². The van der Waals surface area contributed by atoms with Gasteiger partial charge in [0.2, 0.25) is 0 Å². The van der Waals surface area contributed by atoms with Gasteiger partial charge in [0.25, 0.3) is 0 Å². The number of benzene rings is 1. The van der Waals surface area contributed by atoms with E-state index in [1.807, 2.05) is 0 Å². The average molecular weight is 877 g/mol. The summed E-state index contributed by atoms with van der Waals surface area (Å²) >= 11 is 14.2. The first-order valence-electron chi connectivity index (χ1n) is 11.7. The normalized spacial score (nSPS) is 9.71. The summed E-state index contributed by atoms with van der Waals surface area (Å²) in [4.78, 5) is 0. The molecule has 0 spiro atoms. The Morgan fingerprint density at radius 2 is 0.971 bits per heavy atom. The molecular weight excluding hydrogens is 835 g/mol. The van der Waals surface area contributed by atoms with Crippen molar-refractivity contribution < 1.29 is 0 Å². The maximum Gasteiger partial charge on any atom is 0.0165 e. The largest absolute Gasteiger partial charge is 0.110 e. The highest BCUT2D eigenvalue weighted by Crippen LogP contribution is 2.28. The van der Waals surface area contributed by atoms with Crippen LogP contribution in [-0.4, -0.2) is 0 Å². The molecule has 1 aromatic rings. The van der Waals surface area contributed by atoms with Crippen molar-refractivity contribution in [3.05, 3.63) is 30.4 Å². The van der Waals surface area contributed by atoms with Crippen LogP contribution in [0, 0.1) is 7.14 Å². The van der Waals surface area contributed by atoms with Crippen molar-refractivity contribution in [3.8, 4) is 0 Å². The fraction of sp³-hybridized carbons (Fsp3) is 0.727. The number of halogens is 2. The highest BCUT2D eigenvalue weighted by Gasteiger charge is 2.07. The lowest BCUT2D eigenvalue weighted by molar-refractivity contribution is 0.605. The van der Waals surface area contributed by atoms with E-state index in [0.29, 0.717) is 0 Å². The van der Waals surface area contributed by atoms with Gasteiger partial charge in [-0.3, -0.25) is 0 Å². The maximum absolute atomic E-state index is 4.57. The lowest BCUT2D eigenvalue weighted by Gasteiger charge is -2.11. The molecule has 0 bridgehead atoms. The van der Waals surface area contributed by atoms with Gasteiger partial charge in [0.15, 0.2) is 0 Å². The van der Waals surface area contributed by atoms with Crippen LogP contribution in [-0.2, 0) is 79.6 Å². The first-order valence-corrected chi connectivity index (χ1v) is 26.5. The first-order chi connectivity index (χ1) is 16.5. The van der Waals surface area contributed by atoms with Crippen molar-refractivity contribution in [3.63, 3.8) is 0 Å². The van der Waals surface area contributed by atoms with Gasteiger partial charge in [-0.2, -0.15) is 0 Å². The van der Waals surface area contributed by atoms with E-state index >= 15 is 0 Å². The second-order valence-corrected chi connectivity index (χ2v) is 23.1. The molecule has 0 N–H and O–H groups in total. The van der Waals surface area contributed by atoms with E-state index in [-0.39, 0.29) is 0 Å². The van der Waals surface area contributed by atoms with E-state index < -0.39 is 0 Å². The molecule has 0 saturated carbocycles. The Morgan fingerprint density at radius 3 is 1.29 bits per heavy atom. The van der Waals surface area contributed by atoms with Crippen molar-refractivity contribution in [2.75, 3.05) is 0 Å². The van der Waals surface area contributed by atoms with E-state index in [2.05, 4.69) is 111 Å². The van der Waals surface area contributed by atoms with Crippen LogP contribution in [0.25, 0.3) is 0 Å². The van der Waals surface area contributed by atoms with Gasteiger partial charge in [0, 0.05) is 73.9 Å². The standard InChI is InChI=1S/C22H36I2.H5P3.S7/c1-3-5-7-9-11-13-15-19-17-22(24)20(18-21(19)23)16-14-12-10-8-6-4-2;1-3-2;1-3-5-7-6-4-2/h17-18H,3-16H2,1-2H3;3H,1-2H2;. The van der Waals surface area contributed by atoms with Gasteiger partial charge in [-0.1, -0.05) is 86.0 Å². The predicted octanol–water partition coefficient (Wildman–Crippen LogP) is 9.93. The molecule has 0 amide bonds.